The van der Waals surface area contributed by atoms with Crippen LogP contribution in [0.25, 0.3) is 66.4 Å². The summed E-state index contributed by atoms with van der Waals surface area (Å²) in [7, 11) is 0.789. The first-order valence-electron chi connectivity index (χ1n) is 22.8. The van der Waals surface area contributed by atoms with Crippen LogP contribution in [0, 0.1) is 6.92 Å². The maximum atomic E-state index is 3.94. The fourth-order valence-corrected chi connectivity index (χ4v) is 10.7. The molecule has 10 aromatic rings. The molecular weight excluding hydrogens is 784 g/mol. The molecule has 12 rings (SSSR count). The second kappa shape index (κ2) is 15.4. The SMILES string of the molecule is Cc1cc(-c2ccccc2)ccc1N1c2cc3c(cc2Bc2c(-c4c(Nc5ccc(-c6ccccc6)cc5)ccc5ccccc45)cc(-c4ccccc4)cc21)-c1ccccc1C3(C)C. The number of nitrogens with zero attached hydrogens (tertiary/aromatic N) is 1. The van der Waals surface area contributed by atoms with Gasteiger partial charge in [0.1, 0.15) is 0 Å². The summed E-state index contributed by atoms with van der Waals surface area (Å²) < 4.78 is 0. The Morgan fingerprint density at radius 1 is 0.431 bits per heavy atom. The molecule has 0 atom stereocenters. The average Bonchev–Trinajstić information content (AvgIpc) is 3.58. The van der Waals surface area contributed by atoms with Crippen LogP contribution in [0.3, 0.4) is 0 Å². The van der Waals surface area contributed by atoms with Crippen LogP contribution >= 0.6 is 0 Å². The summed E-state index contributed by atoms with van der Waals surface area (Å²) in [6.45, 7) is 7.06. The Hall–Kier alpha value is -7.88. The lowest BCUT2D eigenvalue weighted by molar-refractivity contribution is 0.660. The molecule has 0 saturated heterocycles. The van der Waals surface area contributed by atoms with E-state index in [0.29, 0.717) is 0 Å². The van der Waals surface area contributed by atoms with E-state index in [4.69, 9.17) is 0 Å². The molecule has 1 aliphatic heterocycles. The van der Waals surface area contributed by atoms with E-state index in [2.05, 4.69) is 249 Å². The smallest absolute Gasteiger partial charge is 0.198 e. The number of anilines is 5. The summed E-state index contributed by atoms with van der Waals surface area (Å²) in [6, 6.07) is 80.5. The number of benzene rings is 10. The molecule has 2 nitrogen and oxygen atoms in total. The predicted molar refractivity (Wildman–Crippen MR) is 279 cm³/mol. The minimum Gasteiger partial charge on any atom is -0.355 e. The van der Waals surface area contributed by atoms with E-state index >= 15 is 0 Å². The normalized spacial score (nSPS) is 13.1. The van der Waals surface area contributed by atoms with E-state index in [1.165, 1.54) is 111 Å². The van der Waals surface area contributed by atoms with E-state index in [9.17, 15) is 0 Å². The highest BCUT2D eigenvalue weighted by Crippen LogP contribution is 2.52. The second-order valence-electron chi connectivity index (χ2n) is 18.2. The zero-order valence-corrected chi connectivity index (χ0v) is 36.9. The Morgan fingerprint density at radius 3 is 1.77 bits per heavy atom. The summed E-state index contributed by atoms with van der Waals surface area (Å²) in [5, 5.41) is 6.37. The van der Waals surface area contributed by atoms with Gasteiger partial charge in [-0.3, -0.25) is 0 Å². The van der Waals surface area contributed by atoms with Gasteiger partial charge < -0.3 is 10.2 Å². The summed E-state index contributed by atoms with van der Waals surface area (Å²) >= 11 is 0. The third-order valence-corrected chi connectivity index (χ3v) is 14.0. The van der Waals surface area contributed by atoms with Crippen molar-refractivity contribution in [3.63, 3.8) is 0 Å². The van der Waals surface area contributed by atoms with E-state index in [0.717, 1.165) is 18.7 Å². The summed E-state index contributed by atoms with van der Waals surface area (Å²) in [5.74, 6) is 0. The molecule has 1 aliphatic carbocycles. The highest BCUT2D eigenvalue weighted by atomic mass is 15.2. The van der Waals surface area contributed by atoms with Crippen LogP contribution < -0.4 is 21.1 Å². The highest BCUT2D eigenvalue weighted by Gasteiger charge is 2.39. The van der Waals surface area contributed by atoms with Gasteiger partial charge in [-0.1, -0.05) is 189 Å². The van der Waals surface area contributed by atoms with Crippen LogP contribution in [0.1, 0.15) is 30.5 Å². The van der Waals surface area contributed by atoms with Crippen LogP contribution in [0.15, 0.2) is 218 Å². The molecule has 1 N–H and O–H groups in total. The van der Waals surface area contributed by atoms with Crippen molar-refractivity contribution in [3.8, 4) is 55.6 Å². The molecule has 65 heavy (non-hydrogen) atoms. The fourth-order valence-electron chi connectivity index (χ4n) is 10.7. The van der Waals surface area contributed by atoms with Crippen molar-refractivity contribution in [3.05, 3.63) is 235 Å². The molecule has 308 valence electrons. The summed E-state index contributed by atoms with van der Waals surface area (Å²) in [5.41, 5.74) is 24.6. The minimum absolute atomic E-state index is 0.140. The van der Waals surface area contributed by atoms with E-state index in [-0.39, 0.29) is 5.41 Å². The molecule has 1 heterocycles. The van der Waals surface area contributed by atoms with Gasteiger partial charge in [0.25, 0.3) is 0 Å². The lowest BCUT2D eigenvalue weighted by atomic mass is 9.57. The van der Waals surface area contributed by atoms with Gasteiger partial charge in [-0.25, -0.2) is 0 Å². The maximum Gasteiger partial charge on any atom is 0.198 e. The molecule has 0 fully saturated rings. The molecule has 0 saturated carbocycles. The Morgan fingerprint density at radius 2 is 1.05 bits per heavy atom. The third-order valence-electron chi connectivity index (χ3n) is 14.0. The molecule has 0 bridgehead atoms. The quantitative estimate of drug-likeness (QED) is 0.161. The maximum absolute atomic E-state index is 3.94. The largest absolute Gasteiger partial charge is 0.355 e. The first-order chi connectivity index (χ1) is 31.9. The standard InChI is InChI=1S/C62H47BN2/c1-40-35-46(42-19-9-5-10-20-42)30-34-57(40)65-58-39-54-51(50-25-15-16-26-53(50)62(54,2)3)38-55(58)63-61-52(36-47(37-59(61)65)43-21-11-6-12-22-43)60-49-24-14-13-23-45(49)29-33-56(60)64-48-31-27-44(28-32-48)41-17-7-4-8-18-41/h4-39,63-64H,1-3H3. The molecule has 2 aliphatic rings. The van der Waals surface area contributed by atoms with Gasteiger partial charge in [0.05, 0.1) is 0 Å². The highest BCUT2D eigenvalue weighted by molar-refractivity contribution is 6.73. The summed E-state index contributed by atoms with van der Waals surface area (Å²) in [6.07, 6.45) is 0. The average molecular weight is 831 g/mol. The predicted octanol–water partition coefficient (Wildman–Crippen LogP) is 15.0. The van der Waals surface area contributed by atoms with Crippen molar-refractivity contribution in [1.29, 1.82) is 0 Å². The van der Waals surface area contributed by atoms with Crippen molar-refractivity contribution in [1.82, 2.24) is 0 Å². The van der Waals surface area contributed by atoms with Gasteiger partial charge in [0.2, 0.25) is 0 Å². The van der Waals surface area contributed by atoms with Gasteiger partial charge >= 0.3 is 0 Å². The summed E-state index contributed by atoms with van der Waals surface area (Å²) in [4.78, 5) is 2.59. The minimum atomic E-state index is -0.140. The van der Waals surface area contributed by atoms with E-state index in [1.807, 2.05) is 0 Å². The first-order valence-corrected chi connectivity index (χ1v) is 22.8. The van der Waals surface area contributed by atoms with Crippen molar-refractivity contribution < 1.29 is 0 Å². The molecule has 0 aromatic heterocycles. The number of rotatable bonds is 7. The van der Waals surface area contributed by atoms with Gasteiger partial charge in [0.15, 0.2) is 7.28 Å². The van der Waals surface area contributed by atoms with Gasteiger partial charge in [-0.2, -0.15) is 0 Å². The van der Waals surface area contributed by atoms with Crippen LogP contribution in [0.5, 0.6) is 0 Å². The van der Waals surface area contributed by atoms with Crippen molar-refractivity contribution >= 4 is 57.4 Å². The fraction of sp³-hybridized carbons (Fsp3) is 0.0645. The molecule has 10 aromatic carbocycles. The molecule has 0 unspecified atom stereocenters. The van der Waals surface area contributed by atoms with Crippen LogP contribution in [0.4, 0.5) is 28.4 Å². The lowest BCUT2D eigenvalue weighted by Gasteiger charge is -2.37. The molecular formula is C62H47BN2. The molecule has 3 heteroatoms. The van der Waals surface area contributed by atoms with Crippen LogP contribution in [-0.4, -0.2) is 7.28 Å². The molecule has 0 amide bonds. The Balaban J connectivity index is 1.11. The molecule has 0 radical (unpaired) electrons. The first kappa shape index (κ1) is 38.8. The third kappa shape index (κ3) is 6.58. The van der Waals surface area contributed by atoms with Crippen molar-refractivity contribution in [2.75, 3.05) is 10.2 Å². The monoisotopic (exact) mass is 830 g/mol. The molecule has 0 spiro atoms. The lowest BCUT2D eigenvalue weighted by Crippen LogP contribution is -2.41. The van der Waals surface area contributed by atoms with Gasteiger partial charge in [-0.05, 0) is 138 Å². The Kier molecular flexibility index (Phi) is 9.21. The van der Waals surface area contributed by atoms with Crippen LogP contribution in [-0.2, 0) is 5.41 Å². The van der Waals surface area contributed by atoms with Crippen LogP contribution in [0.2, 0.25) is 0 Å². The zero-order valence-electron chi connectivity index (χ0n) is 36.9. The second-order valence-corrected chi connectivity index (χ2v) is 18.2. The van der Waals surface area contributed by atoms with Crippen molar-refractivity contribution in [2.45, 2.75) is 26.2 Å². The van der Waals surface area contributed by atoms with Gasteiger partial charge in [-0.15, -0.1) is 0 Å². The number of aryl methyl sites for hydroxylation is 1. The number of fused-ring (bicyclic) bond motifs is 6. The van der Waals surface area contributed by atoms with Crippen molar-refractivity contribution in [2.24, 2.45) is 0 Å². The number of hydrogen-bond donors (Lipinski definition) is 1. The number of hydrogen-bond acceptors (Lipinski definition) is 2. The van der Waals surface area contributed by atoms with E-state index in [1.54, 1.807) is 0 Å². The van der Waals surface area contributed by atoms with Gasteiger partial charge in [0, 0.05) is 39.4 Å². The number of nitrogens with one attached hydrogen (secondary N) is 1. The van der Waals surface area contributed by atoms with E-state index < -0.39 is 0 Å². The zero-order chi connectivity index (χ0) is 43.6. The topological polar surface area (TPSA) is 15.3 Å². The Bertz CT molecular complexity index is 3450. The Labute approximate surface area is 382 Å².